The quantitative estimate of drug-likeness (QED) is 0.102. The van der Waals surface area contributed by atoms with Crippen molar-refractivity contribution in [2.24, 2.45) is 0 Å². The van der Waals surface area contributed by atoms with E-state index >= 15 is 0 Å². The number of fused-ring (bicyclic) bond motifs is 1. The lowest BCUT2D eigenvalue weighted by molar-refractivity contribution is -0.456. The van der Waals surface area contributed by atoms with Gasteiger partial charge in [0.05, 0.1) is 25.7 Å². The van der Waals surface area contributed by atoms with Crippen LogP contribution in [0.3, 0.4) is 0 Å². The van der Waals surface area contributed by atoms with E-state index in [0.717, 1.165) is 6.07 Å². The van der Waals surface area contributed by atoms with Crippen molar-refractivity contribution in [2.75, 3.05) is 13.2 Å². The van der Waals surface area contributed by atoms with Crippen molar-refractivity contribution < 1.29 is 94.1 Å². The summed E-state index contributed by atoms with van der Waals surface area (Å²) in [7, 11) is 0. The maximum Gasteiger partial charge on any atom is 0.373 e. The monoisotopic (exact) mass is 713 g/mol. The molecule has 12 unspecified atom stereocenters. The number of hydrogen-bond acceptors (Lipinski definition) is 16. The minimum Gasteiger partial charge on any atom is -0.504 e. The number of nitrogens with zero attached hydrogens (tertiary/aromatic N) is 1. The van der Waals surface area contributed by atoms with E-state index in [0.29, 0.717) is 5.56 Å². The van der Waals surface area contributed by atoms with Crippen LogP contribution < -0.4 is 10.1 Å². The Morgan fingerprint density at radius 1 is 0.860 bits per heavy atom. The maximum atomic E-state index is 12.2. The van der Waals surface area contributed by atoms with Gasteiger partial charge in [-0.3, -0.25) is 0 Å². The van der Waals surface area contributed by atoms with E-state index in [9.17, 15) is 70.6 Å². The van der Waals surface area contributed by atoms with E-state index < -0.39 is 110 Å². The average molecular weight is 714 g/mol. The number of nitrogens with one attached hydrogen (secondary N) is 1. The highest BCUT2D eigenvalue weighted by atomic mass is 16.8. The number of hydrogen-bond donors (Lipinski definition) is 12. The molecule has 20 heteroatoms. The fraction of sp³-hybridized carbons (Fsp3) is 0.533. The van der Waals surface area contributed by atoms with Crippen LogP contribution in [0.2, 0.25) is 0 Å². The van der Waals surface area contributed by atoms with E-state index in [1.165, 1.54) is 29.0 Å². The number of aliphatic hydroxyl groups is 7. The number of aromatic hydroxyl groups is 1. The average Bonchev–Trinajstić information content (AvgIpc) is 3.43. The summed E-state index contributed by atoms with van der Waals surface area (Å²) in [6.45, 7) is -1.61. The number of carboxylic acids is 3. The number of rotatable bonds is 10. The Morgan fingerprint density at radius 2 is 1.50 bits per heavy atom. The molecule has 4 aliphatic heterocycles. The van der Waals surface area contributed by atoms with Crippen molar-refractivity contribution in [1.82, 2.24) is 5.32 Å². The fourth-order valence-electron chi connectivity index (χ4n) is 6.04. The van der Waals surface area contributed by atoms with Crippen LogP contribution in [0, 0.1) is 0 Å². The number of carboxylic acid groups (broad SMARTS) is 3. The first-order valence-electron chi connectivity index (χ1n) is 15.3. The molecule has 5 rings (SSSR count). The number of aliphatic hydroxyl groups excluding tert-OH is 7. The van der Waals surface area contributed by atoms with Gasteiger partial charge >= 0.3 is 17.9 Å². The summed E-state index contributed by atoms with van der Waals surface area (Å²) in [6.07, 6.45) is -13.7. The Bertz CT molecular complexity index is 1580. The molecule has 50 heavy (non-hydrogen) atoms. The topological polar surface area (TPSA) is 326 Å². The Morgan fingerprint density at radius 3 is 2.10 bits per heavy atom. The van der Waals surface area contributed by atoms with Gasteiger partial charge in [-0.05, 0) is 17.7 Å². The number of benzene rings is 1. The molecule has 2 fully saturated rings. The molecule has 0 bridgehead atoms. The van der Waals surface area contributed by atoms with E-state index in [2.05, 4.69) is 5.32 Å². The van der Waals surface area contributed by atoms with Crippen LogP contribution in [-0.4, -0.2) is 172 Å². The van der Waals surface area contributed by atoms with Crippen molar-refractivity contribution in [3.63, 3.8) is 0 Å². The summed E-state index contributed by atoms with van der Waals surface area (Å²) >= 11 is 0. The third-order valence-electron chi connectivity index (χ3n) is 8.76. The van der Waals surface area contributed by atoms with Crippen LogP contribution in [0.5, 0.6) is 11.5 Å². The molecular weight excluding hydrogens is 676 g/mol. The number of phenolic OH excluding ortho intramolecular Hbond substituents is 1. The van der Waals surface area contributed by atoms with Gasteiger partial charge in [-0.25, -0.2) is 14.4 Å². The maximum absolute atomic E-state index is 12.2. The van der Waals surface area contributed by atoms with Gasteiger partial charge in [0, 0.05) is 18.1 Å². The molecule has 12 N–H and O–H groups in total. The molecule has 1 aromatic rings. The van der Waals surface area contributed by atoms with E-state index in [1.807, 2.05) is 0 Å². The zero-order valence-electron chi connectivity index (χ0n) is 25.9. The van der Waals surface area contributed by atoms with E-state index in [1.54, 1.807) is 0 Å². The number of allylic oxidation sites excluding steroid dienone is 2. The Balaban J connectivity index is 1.45. The number of carbonyl (C=O) groups is 3. The second kappa shape index (κ2) is 14.9. The molecule has 2 saturated heterocycles. The first-order valence-corrected chi connectivity index (χ1v) is 15.3. The highest BCUT2D eigenvalue weighted by Crippen LogP contribution is 2.41. The molecule has 0 spiro atoms. The smallest absolute Gasteiger partial charge is 0.373 e. The largest absolute Gasteiger partial charge is 0.504 e. The molecule has 4 aliphatic rings. The molecule has 12 atom stereocenters. The van der Waals surface area contributed by atoms with Gasteiger partial charge in [0.1, 0.15) is 54.5 Å². The van der Waals surface area contributed by atoms with Crippen LogP contribution in [0.1, 0.15) is 12.0 Å². The van der Waals surface area contributed by atoms with Crippen LogP contribution in [0.15, 0.2) is 35.6 Å². The van der Waals surface area contributed by atoms with Gasteiger partial charge < -0.3 is 80.4 Å². The molecular formula is C30H37N2O18+. The lowest BCUT2D eigenvalue weighted by atomic mass is 9.97. The van der Waals surface area contributed by atoms with Crippen molar-refractivity contribution in [3.8, 4) is 11.5 Å². The lowest BCUT2D eigenvalue weighted by Gasteiger charge is -2.45. The lowest BCUT2D eigenvalue weighted by Crippen LogP contribution is -2.65. The first kappa shape index (κ1) is 37.0. The predicted molar refractivity (Wildman–Crippen MR) is 159 cm³/mol. The highest BCUT2D eigenvalue weighted by Gasteiger charge is 2.52. The van der Waals surface area contributed by atoms with Gasteiger partial charge in [0.2, 0.25) is 12.0 Å². The van der Waals surface area contributed by atoms with Crippen LogP contribution >= 0.6 is 0 Å². The Hall–Kier alpha value is -4.22. The standard InChI is InChI=1S/C30H36N2O18/c33-8-18-20(36)22(38)24(40)29(48-18)50-25-23(39)21(37)19(9-34)49-30(25)47-17-6-11-5-15(28(45)46)32(14(11)7-16(17)35)2-1-10-3-12(26(41)42)31-13(4-10)27(43)44/h1-3,6-7,13,15,18-25,29-30,33-34,36-40H,4-5,8-9H2,(H4,35,41,42,43,44,45,46)/p+1. The van der Waals surface area contributed by atoms with Gasteiger partial charge in [-0.1, -0.05) is 0 Å². The third-order valence-corrected chi connectivity index (χ3v) is 8.76. The van der Waals surface area contributed by atoms with Gasteiger partial charge in [0.15, 0.2) is 30.1 Å². The van der Waals surface area contributed by atoms with E-state index in [4.69, 9.17) is 18.9 Å². The zero-order valence-corrected chi connectivity index (χ0v) is 25.9. The summed E-state index contributed by atoms with van der Waals surface area (Å²) < 4.78 is 23.6. The second-order valence-electron chi connectivity index (χ2n) is 12.0. The van der Waals surface area contributed by atoms with E-state index in [-0.39, 0.29) is 35.5 Å². The summed E-state index contributed by atoms with van der Waals surface area (Å²) in [5.74, 6) is -4.90. The molecule has 20 nitrogen and oxygen atoms in total. The normalized spacial score (nSPS) is 37.1. The SMILES string of the molecule is O=C(O)C1=CC(=CC=[N+]2c3cc(O)c(OC4OC(CO)C(O)C(O)C4OC4OC(CO)C(O)C(O)C4O)cc3CC2C(=O)O)CC(C(=O)O)N1. The molecule has 0 radical (unpaired) electrons. The number of aliphatic carboxylic acids is 3. The van der Waals surface area contributed by atoms with Gasteiger partial charge in [0.25, 0.3) is 6.04 Å². The minimum atomic E-state index is -1.92. The Labute approximate surface area is 281 Å². The molecule has 0 amide bonds. The number of ether oxygens (including phenoxy) is 4. The number of phenols is 1. The van der Waals surface area contributed by atoms with Crippen LogP contribution in [-0.2, 0) is 35.0 Å². The fourth-order valence-corrected chi connectivity index (χ4v) is 6.04. The molecule has 0 saturated carbocycles. The van der Waals surface area contributed by atoms with Crippen molar-refractivity contribution >= 4 is 29.8 Å². The predicted octanol–water partition coefficient (Wildman–Crippen LogP) is -4.54. The summed E-state index contributed by atoms with van der Waals surface area (Å²) in [6, 6.07) is -0.0832. The third kappa shape index (κ3) is 7.30. The zero-order chi connectivity index (χ0) is 36.6. The van der Waals surface area contributed by atoms with Crippen LogP contribution in [0.25, 0.3) is 0 Å². The van der Waals surface area contributed by atoms with Crippen molar-refractivity contribution in [2.45, 2.75) is 86.3 Å². The molecule has 1 aromatic carbocycles. The molecule has 0 aliphatic carbocycles. The summed E-state index contributed by atoms with van der Waals surface area (Å²) in [5.41, 5.74) is 0.387. The first-order chi connectivity index (χ1) is 23.6. The summed E-state index contributed by atoms with van der Waals surface area (Å²) in [5, 5.41) is 114. The molecule has 274 valence electrons. The van der Waals surface area contributed by atoms with Crippen LogP contribution in [0.4, 0.5) is 5.69 Å². The summed E-state index contributed by atoms with van der Waals surface area (Å²) in [4.78, 5) is 35.3. The van der Waals surface area contributed by atoms with Gasteiger partial charge in [-0.15, -0.1) is 0 Å². The molecule has 4 heterocycles. The van der Waals surface area contributed by atoms with Crippen molar-refractivity contribution in [3.05, 3.63) is 41.1 Å². The van der Waals surface area contributed by atoms with Gasteiger partial charge in [-0.2, -0.15) is 4.58 Å². The molecule has 0 aromatic heterocycles. The van der Waals surface area contributed by atoms with Crippen molar-refractivity contribution in [1.29, 1.82) is 0 Å². The second-order valence-corrected chi connectivity index (χ2v) is 12.0. The highest BCUT2D eigenvalue weighted by molar-refractivity contribution is 5.89. The minimum absolute atomic E-state index is 0.123. The Kier molecular flexibility index (Phi) is 11.1.